The Morgan fingerprint density at radius 3 is 2.80 bits per heavy atom. The van der Waals surface area contributed by atoms with E-state index in [0.717, 1.165) is 0 Å². The molecule has 0 amide bonds. The maximum absolute atomic E-state index is 11.0. The number of nitrogens with zero attached hydrogens (tertiary/aromatic N) is 2. The van der Waals surface area contributed by atoms with Gasteiger partial charge >= 0.3 is 5.97 Å². The van der Waals surface area contributed by atoms with Gasteiger partial charge in [0.25, 0.3) is 5.69 Å². The van der Waals surface area contributed by atoms with Gasteiger partial charge in [0.15, 0.2) is 0 Å². The van der Waals surface area contributed by atoms with Crippen molar-refractivity contribution < 1.29 is 14.5 Å². The zero-order valence-corrected chi connectivity index (χ0v) is 11.3. The van der Waals surface area contributed by atoms with Crippen LogP contribution in [-0.2, 0) is 9.53 Å². The molecule has 0 aromatic heterocycles. The number of carbonyl (C=O) groups is 1. The Labute approximate surface area is 116 Å². The van der Waals surface area contributed by atoms with E-state index >= 15 is 0 Å². The smallest absolute Gasteiger partial charge is 0.302 e. The van der Waals surface area contributed by atoms with Crippen LogP contribution in [0, 0.1) is 21.4 Å². The average molecular weight is 277 g/mol. The van der Waals surface area contributed by atoms with Crippen molar-refractivity contribution in [1.29, 1.82) is 5.26 Å². The zero-order chi connectivity index (χ0) is 15.1. The highest BCUT2D eigenvalue weighted by molar-refractivity contribution is 5.66. The van der Waals surface area contributed by atoms with E-state index in [1.807, 2.05) is 13.0 Å². The molecule has 7 nitrogen and oxygen atoms in total. The first-order valence-corrected chi connectivity index (χ1v) is 6.06. The minimum atomic E-state index is -0.554. The molecular formula is C13H15N3O4. The van der Waals surface area contributed by atoms with Gasteiger partial charge in [-0.2, -0.15) is 5.26 Å². The molecule has 0 radical (unpaired) electrons. The Hall–Kier alpha value is -2.62. The molecule has 0 unspecified atom stereocenters. The summed E-state index contributed by atoms with van der Waals surface area (Å²) in [5.41, 5.74) is 0.341. The van der Waals surface area contributed by atoms with Gasteiger partial charge in [-0.15, -0.1) is 0 Å². The van der Waals surface area contributed by atoms with Crippen LogP contribution in [0.2, 0.25) is 0 Å². The predicted octanol–water partition coefficient (Wildman–Crippen LogP) is 2.22. The van der Waals surface area contributed by atoms with Crippen LogP contribution in [0.15, 0.2) is 18.2 Å². The van der Waals surface area contributed by atoms with E-state index in [9.17, 15) is 14.9 Å². The minimum absolute atomic E-state index is 0.128. The second-order valence-corrected chi connectivity index (χ2v) is 4.15. The fourth-order valence-electron chi connectivity index (χ4n) is 1.57. The summed E-state index contributed by atoms with van der Waals surface area (Å²) in [6.07, 6.45) is 0.629. The summed E-state index contributed by atoms with van der Waals surface area (Å²) in [5.74, 6) is -0.403. The molecule has 0 heterocycles. The van der Waals surface area contributed by atoms with Gasteiger partial charge in [0, 0.05) is 13.0 Å². The number of benzene rings is 1. The topological polar surface area (TPSA) is 105 Å². The first-order chi connectivity index (χ1) is 9.47. The minimum Gasteiger partial charge on any atom is -0.464 e. The molecule has 1 rings (SSSR count). The number of ether oxygens (including phenoxy) is 1. The number of nitro groups is 1. The summed E-state index contributed by atoms with van der Waals surface area (Å²) in [7, 11) is 0. The Morgan fingerprint density at radius 1 is 1.60 bits per heavy atom. The molecule has 0 bridgehead atoms. The summed E-state index contributed by atoms with van der Waals surface area (Å²) in [6, 6.07) is 5.81. The van der Waals surface area contributed by atoms with Crippen molar-refractivity contribution in [2.45, 2.75) is 26.3 Å². The molecule has 0 fully saturated rings. The van der Waals surface area contributed by atoms with Crippen molar-refractivity contribution in [3.8, 4) is 6.07 Å². The Morgan fingerprint density at radius 2 is 2.30 bits per heavy atom. The molecule has 106 valence electrons. The third-order valence-corrected chi connectivity index (χ3v) is 2.66. The van der Waals surface area contributed by atoms with Crippen molar-refractivity contribution >= 4 is 17.3 Å². The second kappa shape index (κ2) is 7.09. The molecular weight excluding hydrogens is 262 g/mol. The highest BCUT2D eigenvalue weighted by Gasteiger charge is 2.18. The van der Waals surface area contributed by atoms with Gasteiger partial charge in [0.1, 0.15) is 12.3 Å². The SMILES string of the molecule is CC[C@@H](COC(C)=O)Nc1ccc(C#N)cc1[N+](=O)[O-]. The molecule has 0 aliphatic heterocycles. The van der Waals surface area contributed by atoms with E-state index in [0.29, 0.717) is 12.1 Å². The predicted molar refractivity (Wildman–Crippen MR) is 72.1 cm³/mol. The lowest BCUT2D eigenvalue weighted by Crippen LogP contribution is -2.26. The first-order valence-electron chi connectivity index (χ1n) is 6.06. The molecule has 1 atom stereocenters. The van der Waals surface area contributed by atoms with Crippen LogP contribution in [0.1, 0.15) is 25.8 Å². The molecule has 0 saturated heterocycles. The quantitative estimate of drug-likeness (QED) is 0.485. The van der Waals surface area contributed by atoms with Crippen LogP contribution in [0.3, 0.4) is 0 Å². The number of nitrogens with one attached hydrogen (secondary N) is 1. The number of carbonyl (C=O) groups excluding carboxylic acids is 1. The van der Waals surface area contributed by atoms with Crippen LogP contribution in [0.25, 0.3) is 0 Å². The van der Waals surface area contributed by atoms with Crippen molar-refractivity contribution in [2.24, 2.45) is 0 Å². The van der Waals surface area contributed by atoms with Crippen LogP contribution < -0.4 is 5.32 Å². The first kappa shape index (κ1) is 15.4. The Balaban J connectivity index is 2.92. The average Bonchev–Trinajstić information content (AvgIpc) is 2.43. The Kier molecular flexibility index (Phi) is 5.47. The van der Waals surface area contributed by atoms with Gasteiger partial charge in [-0.25, -0.2) is 0 Å². The molecule has 20 heavy (non-hydrogen) atoms. The Bertz CT molecular complexity index is 551. The van der Waals surface area contributed by atoms with Crippen LogP contribution >= 0.6 is 0 Å². The van der Waals surface area contributed by atoms with Crippen LogP contribution in [0.4, 0.5) is 11.4 Å². The third kappa shape index (κ3) is 4.24. The maximum atomic E-state index is 11.0. The molecule has 1 N–H and O–H groups in total. The fraction of sp³-hybridized carbons (Fsp3) is 0.385. The standard InChI is InChI=1S/C13H15N3O4/c1-3-11(8-20-9(2)17)15-12-5-4-10(7-14)6-13(12)16(18)19/h4-6,11,15H,3,8H2,1-2H3/t11-/m0/s1. The summed E-state index contributed by atoms with van der Waals surface area (Å²) >= 11 is 0. The zero-order valence-electron chi connectivity index (χ0n) is 11.3. The fourth-order valence-corrected chi connectivity index (χ4v) is 1.57. The van der Waals surface area contributed by atoms with E-state index in [1.54, 1.807) is 0 Å². The summed E-state index contributed by atoms with van der Waals surface area (Å²) in [4.78, 5) is 21.2. The second-order valence-electron chi connectivity index (χ2n) is 4.15. The molecule has 0 aliphatic carbocycles. The lowest BCUT2D eigenvalue weighted by Gasteiger charge is -2.17. The van der Waals surface area contributed by atoms with E-state index in [1.165, 1.54) is 25.1 Å². The monoisotopic (exact) mass is 277 g/mol. The van der Waals surface area contributed by atoms with Crippen LogP contribution in [-0.4, -0.2) is 23.5 Å². The number of rotatable bonds is 6. The maximum Gasteiger partial charge on any atom is 0.302 e. The van der Waals surface area contributed by atoms with Gasteiger partial charge in [-0.3, -0.25) is 14.9 Å². The van der Waals surface area contributed by atoms with Crippen molar-refractivity contribution in [3.63, 3.8) is 0 Å². The molecule has 0 spiro atoms. The molecule has 0 aliphatic rings. The molecule has 7 heteroatoms. The third-order valence-electron chi connectivity index (χ3n) is 2.66. The number of nitro benzene ring substituents is 1. The van der Waals surface area contributed by atoms with E-state index in [4.69, 9.17) is 10.00 Å². The molecule has 1 aromatic carbocycles. The van der Waals surface area contributed by atoms with Crippen LogP contribution in [0.5, 0.6) is 0 Å². The van der Waals surface area contributed by atoms with Crippen molar-refractivity contribution in [1.82, 2.24) is 0 Å². The number of anilines is 1. The number of hydrogen-bond donors (Lipinski definition) is 1. The summed E-state index contributed by atoms with van der Waals surface area (Å²) < 4.78 is 4.89. The molecule has 1 aromatic rings. The summed E-state index contributed by atoms with van der Waals surface area (Å²) in [6.45, 7) is 3.30. The molecule has 0 saturated carbocycles. The van der Waals surface area contributed by atoms with Crippen molar-refractivity contribution in [2.75, 3.05) is 11.9 Å². The van der Waals surface area contributed by atoms with E-state index in [2.05, 4.69) is 5.32 Å². The highest BCUT2D eigenvalue weighted by Crippen LogP contribution is 2.26. The number of nitriles is 1. The van der Waals surface area contributed by atoms with E-state index in [-0.39, 0.29) is 23.9 Å². The normalized spacial score (nSPS) is 11.2. The van der Waals surface area contributed by atoms with Gasteiger partial charge < -0.3 is 10.1 Å². The lowest BCUT2D eigenvalue weighted by molar-refractivity contribution is -0.384. The highest BCUT2D eigenvalue weighted by atomic mass is 16.6. The van der Waals surface area contributed by atoms with Crippen molar-refractivity contribution in [3.05, 3.63) is 33.9 Å². The number of esters is 1. The van der Waals surface area contributed by atoms with Gasteiger partial charge in [-0.05, 0) is 18.6 Å². The van der Waals surface area contributed by atoms with Gasteiger partial charge in [0.05, 0.1) is 22.6 Å². The summed E-state index contributed by atoms with van der Waals surface area (Å²) in [5, 5.41) is 22.7. The lowest BCUT2D eigenvalue weighted by atomic mass is 10.1. The van der Waals surface area contributed by atoms with E-state index < -0.39 is 10.9 Å². The van der Waals surface area contributed by atoms with Gasteiger partial charge in [0.2, 0.25) is 0 Å². The van der Waals surface area contributed by atoms with Gasteiger partial charge in [-0.1, -0.05) is 6.92 Å². The number of hydrogen-bond acceptors (Lipinski definition) is 6. The largest absolute Gasteiger partial charge is 0.464 e.